The summed E-state index contributed by atoms with van der Waals surface area (Å²) in [6.45, 7) is 0.584. The van der Waals surface area contributed by atoms with E-state index in [1.54, 1.807) is 4.90 Å². The Morgan fingerprint density at radius 3 is 2.91 bits per heavy atom. The van der Waals surface area contributed by atoms with Gasteiger partial charge in [-0.2, -0.15) is 0 Å². The first kappa shape index (κ1) is 14.3. The van der Waals surface area contributed by atoms with Crippen molar-refractivity contribution >= 4 is 22.8 Å². The highest BCUT2D eigenvalue weighted by Gasteiger charge is 2.58. The molecule has 1 saturated heterocycles. The van der Waals surface area contributed by atoms with Crippen molar-refractivity contribution in [3.8, 4) is 0 Å². The Morgan fingerprint density at radius 1 is 1.39 bits per heavy atom. The van der Waals surface area contributed by atoms with Gasteiger partial charge in [0.1, 0.15) is 6.04 Å². The Bertz CT molecular complexity index is 812. The minimum absolute atomic E-state index is 0.381. The monoisotopic (exact) mass is 314 g/mol. The van der Waals surface area contributed by atoms with Crippen LogP contribution < -0.4 is 0 Å². The highest BCUT2D eigenvalue weighted by atomic mass is 16.5. The van der Waals surface area contributed by atoms with Crippen LogP contribution in [0.5, 0.6) is 0 Å². The lowest BCUT2D eigenvalue weighted by atomic mass is 9.81. The second kappa shape index (κ2) is 4.83. The number of fused-ring (bicyclic) bond motifs is 5. The van der Waals surface area contributed by atoms with Crippen LogP contribution in [0.4, 0.5) is 0 Å². The van der Waals surface area contributed by atoms with Crippen molar-refractivity contribution in [2.45, 2.75) is 30.8 Å². The van der Waals surface area contributed by atoms with Gasteiger partial charge in [-0.15, -0.1) is 0 Å². The maximum absolute atomic E-state index is 12.7. The number of aromatic nitrogens is 1. The topological polar surface area (TPSA) is 82.6 Å². The molecule has 6 nitrogen and oxygen atoms in total. The first-order valence-electron chi connectivity index (χ1n) is 7.77. The summed E-state index contributed by atoms with van der Waals surface area (Å²) in [5.41, 5.74) is 1.65. The number of carbonyl (C=O) groups excluding carboxylic acids is 1. The number of benzene rings is 1. The summed E-state index contributed by atoms with van der Waals surface area (Å²) in [4.78, 5) is 29.7. The molecule has 2 aliphatic rings. The number of rotatable bonds is 2. The number of aromatic amines is 1. The van der Waals surface area contributed by atoms with Gasteiger partial charge in [-0.3, -0.25) is 9.69 Å². The molecule has 6 heteroatoms. The number of methoxy groups -OCH3 is 1. The zero-order valence-electron chi connectivity index (χ0n) is 12.8. The molecule has 3 heterocycles. The Hall–Kier alpha value is -2.34. The van der Waals surface area contributed by atoms with Gasteiger partial charge in [-0.25, -0.2) is 4.79 Å². The Morgan fingerprint density at radius 2 is 2.17 bits per heavy atom. The number of ether oxygens (including phenoxy) is 1. The summed E-state index contributed by atoms with van der Waals surface area (Å²) < 4.78 is 5.08. The number of H-pyrrole nitrogens is 1. The number of aliphatic carboxylic acids is 1. The van der Waals surface area contributed by atoms with Gasteiger partial charge in [0.2, 0.25) is 0 Å². The standard InChI is InChI=1S/C17H18N2O4/c1-23-16(22)17-7-4-8-19(17)13(15(20)21)9-11-10-5-2-3-6-12(10)18-14(11)17/h2-3,5-6,13,18H,4,7-9H2,1H3,(H,20,21)/t13-,17+/m0/s1. The first-order valence-corrected chi connectivity index (χ1v) is 7.77. The van der Waals surface area contributed by atoms with Crippen LogP contribution in [-0.4, -0.2) is 46.6 Å². The van der Waals surface area contributed by atoms with E-state index in [1.165, 1.54) is 7.11 Å². The van der Waals surface area contributed by atoms with Crippen LogP contribution in [-0.2, 0) is 26.3 Å². The molecular weight excluding hydrogens is 296 g/mol. The summed E-state index contributed by atoms with van der Waals surface area (Å²) >= 11 is 0. The summed E-state index contributed by atoms with van der Waals surface area (Å²) in [5, 5.41) is 10.7. The van der Waals surface area contributed by atoms with Gasteiger partial charge in [0.25, 0.3) is 0 Å². The van der Waals surface area contributed by atoms with Gasteiger partial charge >= 0.3 is 11.9 Å². The van der Waals surface area contributed by atoms with Gasteiger partial charge in [0, 0.05) is 23.9 Å². The zero-order chi connectivity index (χ0) is 16.2. The van der Waals surface area contributed by atoms with Crippen LogP contribution in [0.3, 0.4) is 0 Å². The highest BCUT2D eigenvalue weighted by Crippen LogP contribution is 2.48. The Labute approximate surface area is 133 Å². The molecule has 0 bridgehead atoms. The number of carbonyl (C=O) groups is 2. The quantitative estimate of drug-likeness (QED) is 0.824. The number of hydrogen-bond donors (Lipinski definition) is 2. The van der Waals surface area contributed by atoms with E-state index in [0.717, 1.165) is 28.6 Å². The average Bonchev–Trinajstić information content (AvgIpc) is 3.15. The zero-order valence-corrected chi connectivity index (χ0v) is 12.8. The molecule has 1 fully saturated rings. The van der Waals surface area contributed by atoms with Crippen molar-refractivity contribution in [3.05, 3.63) is 35.5 Å². The van der Waals surface area contributed by atoms with Crippen molar-refractivity contribution in [3.63, 3.8) is 0 Å². The normalized spacial score (nSPS) is 26.7. The number of esters is 1. The third-order valence-electron chi connectivity index (χ3n) is 5.24. The first-order chi connectivity index (χ1) is 11.1. The second-order valence-corrected chi connectivity index (χ2v) is 6.23. The summed E-state index contributed by atoms with van der Waals surface area (Å²) in [6, 6.07) is 7.07. The SMILES string of the molecule is COC(=O)[C@]12CCCN1[C@H](C(=O)O)Cc1c2[nH]c2ccccc12. The van der Waals surface area contributed by atoms with Gasteiger partial charge in [0.15, 0.2) is 5.54 Å². The van der Waals surface area contributed by atoms with E-state index in [4.69, 9.17) is 4.74 Å². The second-order valence-electron chi connectivity index (χ2n) is 6.23. The number of hydrogen-bond acceptors (Lipinski definition) is 4. The molecule has 2 N–H and O–H groups in total. The molecule has 23 heavy (non-hydrogen) atoms. The third kappa shape index (κ3) is 1.72. The van der Waals surface area contributed by atoms with E-state index >= 15 is 0 Å². The third-order valence-corrected chi connectivity index (χ3v) is 5.24. The minimum Gasteiger partial charge on any atom is -0.480 e. The lowest BCUT2D eigenvalue weighted by Gasteiger charge is -2.43. The number of para-hydroxylation sites is 1. The lowest BCUT2D eigenvalue weighted by Crippen LogP contribution is -2.59. The molecule has 0 aliphatic carbocycles. The van der Waals surface area contributed by atoms with E-state index < -0.39 is 17.6 Å². The van der Waals surface area contributed by atoms with Crippen molar-refractivity contribution in [1.29, 1.82) is 0 Å². The number of carboxylic acids is 1. The Kier molecular flexibility index (Phi) is 2.99. The minimum atomic E-state index is -1.01. The van der Waals surface area contributed by atoms with Crippen molar-refractivity contribution in [1.82, 2.24) is 9.88 Å². The van der Waals surface area contributed by atoms with Crippen LogP contribution in [0.25, 0.3) is 10.9 Å². The molecule has 0 spiro atoms. The molecule has 2 atom stereocenters. The maximum atomic E-state index is 12.7. The van der Waals surface area contributed by atoms with E-state index in [9.17, 15) is 14.7 Å². The lowest BCUT2D eigenvalue weighted by molar-refractivity contribution is -0.161. The van der Waals surface area contributed by atoms with Crippen LogP contribution in [0.2, 0.25) is 0 Å². The fourth-order valence-corrected chi connectivity index (χ4v) is 4.31. The van der Waals surface area contributed by atoms with E-state index in [2.05, 4.69) is 4.98 Å². The predicted molar refractivity (Wildman–Crippen MR) is 83.1 cm³/mol. The van der Waals surface area contributed by atoms with E-state index in [0.29, 0.717) is 19.4 Å². The van der Waals surface area contributed by atoms with Crippen LogP contribution in [0, 0.1) is 0 Å². The summed E-state index contributed by atoms with van der Waals surface area (Å²) in [7, 11) is 1.36. The summed E-state index contributed by atoms with van der Waals surface area (Å²) in [6.07, 6.45) is 1.74. The van der Waals surface area contributed by atoms with Gasteiger partial charge < -0.3 is 14.8 Å². The fraction of sp³-hybridized carbons (Fsp3) is 0.412. The average molecular weight is 314 g/mol. The highest BCUT2D eigenvalue weighted by molar-refractivity contribution is 5.92. The molecule has 120 valence electrons. The van der Waals surface area contributed by atoms with Crippen molar-refractivity contribution in [2.24, 2.45) is 0 Å². The van der Waals surface area contributed by atoms with E-state index in [-0.39, 0.29) is 5.97 Å². The Balaban J connectivity index is 2.03. The smallest absolute Gasteiger partial charge is 0.332 e. The summed E-state index contributed by atoms with van der Waals surface area (Å²) in [5.74, 6) is -1.27. The number of nitrogens with zero attached hydrogens (tertiary/aromatic N) is 1. The van der Waals surface area contributed by atoms with E-state index in [1.807, 2.05) is 24.3 Å². The molecule has 0 saturated carbocycles. The number of carboxylic acid groups (broad SMARTS) is 1. The van der Waals surface area contributed by atoms with Crippen LogP contribution >= 0.6 is 0 Å². The molecular formula is C17H18N2O4. The number of nitrogens with one attached hydrogen (secondary N) is 1. The van der Waals surface area contributed by atoms with Gasteiger partial charge in [0.05, 0.1) is 12.8 Å². The van der Waals surface area contributed by atoms with Gasteiger partial charge in [-0.1, -0.05) is 18.2 Å². The molecule has 0 amide bonds. The molecule has 4 rings (SSSR count). The maximum Gasteiger partial charge on any atom is 0.332 e. The molecule has 2 aliphatic heterocycles. The largest absolute Gasteiger partial charge is 0.480 e. The van der Waals surface area contributed by atoms with Crippen molar-refractivity contribution < 1.29 is 19.4 Å². The van der Waals surface area contributed by atoms with Crippen molar-refractivity contribution in [2.75, 3.05) is 13.7 Å². The molecule has 2 aromatic rings. The molecule has 0 radical (unpaired) electrons. The predicted octanol–water partition coefficient (Wildman–Crippen LogP) is 1.64. The fourth-order valence-electron chi connectivity index (χ4n) is 4.31. The molecule has 1 aromatic carbocycles. The van der Waals surface area contributed by atoms with Crippen LogP contribution in [0.1, 0.15) is 24.1 Å². The van der Waals surface area contributed by atoms with Gasteiger partial charge in [-0.05, 0) is 24.5 Å². The molecule has 1 aromatic heterocycles. The molecule has 0 unspecified atom stereocenters. The van der Waals surface area contributed by atoms with Crippen LogP contribution in [0.15, 0.2) is 24.3 Å².